The maximum atomic E-state index is 12.7. The highest BCUT2D eigenvalue weighted by atomic mass is 35.5. The van der Waals surface area contributed by atoms with E-state index in [-0.39, 0.29) is 6.03 Å². The van der Waals surface area contributed by atoms with Crippen LogP contribution in [0.2, 0.25) is 10.0 Å². The summed E-state index contributed by atoms with van der Waals surface area (Å²) in [6, 6.07) is 11.2. The van der Waals surface area contributed by atoms with E-state index < -0.39 is 0 Å². The van der Waals surface area contributed by atoms with Crippen molar-refractivity contribution in [2.75, 3.05) is 38.2 Å². The van der Waals surface area contributed by atoms with Gasteiger partial charge in [-0.1, -0.05) is 23.2 Å². The van der Waals surface area contributed by atoms with Gasteiger partial charge in [-0.15, -0.1) is 0 Å². The predicted octanol–water partition coefficient (Wildman–Crippen LogP) is 5.39. The van der Waals surface area contributed by atoms with Crippen LogP contribution >= 0.6 is 23.2 Å². The number of hydrogen-bond acceptors (Lipinski definition) is 5. The molecule has 4 rings (SSSR count). The monoisotopic (exact) mass is 488 g/mol. The summed E-state index contributed by atoms with van der Waals surface area (Å²) in [5.41, 5.74) is 2.77. The second kappa shape index (κ2) is 10.4. The molecule has 0 spiro atoms. The average molecular weight is 489 g/mol. The average Bonchev–Trinajstić information content (AvgIpc) is 3.07. The van der Waals surface area contributed by atoms with Gasteiger partial charge in [0, 0.05) is 61.4 Å². The third kappa shape index (κ3) is 5.72. The molecule has 2 aromatic carbocycles. The van der Waals surface area contributed by atoms with E-state index in [9.17, 15) is 4.79 Å². The van der Waals surface area contributed by atoms with E-state index in [1.54, 1.807) is 31.5 Å². The molecule has 0 bridgehead atoms. The number of aryl methyl sites for hydroxylation is 1. The van der Waals surface area contributed by atoms with Crippen molar-refractivity contribution in [3.05, 3.63) is 64.1 Å². The van der Waals surface area contributed by atoms with Gasteiger partial charge >= 0.3 is 6.03 Å². The van der Waals surface area contributed by atoms with E-state index in [4.69, 9.17) is 32.4 Å². The standard InChI is InChI=1S/C24H26Cl2N4O3/c1-16-27-15-23(33-16)21-5-4-20(13-22(21)32-2)29-6-3-7-30(9-8-29)24(31)28-14-17-10-18(25)12-19(26)11-17/h4-5,10-13,15H,3,6-9,14H2,1-2H3,(H,28,31). The van der Waals surface area contributed by atoms with Gasteiger partial charge < -0.3 is 24.3 Å². The fourth-order valence-electron chi connectivity index (χ4n) is 3.95. The Balaban J connectivity index is 1.38. The topological polar surface area (TPSA) is 70.8 Å². The van der Waals surface area contributed by atoms with Gasteiger partial charge in [0.15, 0.2) is 11.7 Å². The molecule has 0 radical (unpaired) electrons. The number of hydrogen-bond donors (Lipinski definition) is 1. The van der Waals surface area contributed by atoms with Gasteiger partial charge in [-0.25, -0.2) is 9.78 Å². The number of anilines is 1. The quantitative estimate of drug-likeness (QED) is 0.521. The Morgan fingerprint density at radius 2 is 1.91 bits per heavy atom. The van der Waals surface area contributed by atoms with Crippen molar-refractivity contribution >= 4 is 34.9 Å². The van der Waals surface area contributed by atoms with Gasteiger partial charge in [0.2, 0.25) is 0 Å². The zero-order valence-corrected chi connectivity index (χ0v) is 20.1. The van der Waals surface area contributed by atoms with Crippen molar-refractivity contribution in [2.45, 2.75) is 19.9 Å². The van der Waals surface area contributed by atoms with Crippen LogP contribution in [0.3, 0.4) is 0 Å². The lowest BCUT2D eigenvalue weighted by atomic mass is 10.1. The summed E-state index contributed by atoms with van der Waals surface area (Å²) in [7, 11) is 1.65. The molecule has 1 fully saturated rings. The molecule has 1 N–H and O–H groups in total. The van der Waals surface area contributed by atoms with Crippen LogP contribution in [0.5, 0.6) is 5.75 Å². The molecule has 1 aliphatic rings. The van der Waals surface area contributed by atoms with Gasteiger partial charge in [0.25, 0.3) is 0 Å². The molecule has 0 atom stereocenters. The van der Waals surface area contributed by atoms with Crippen molar-refractivity contribution in [1.82, 2.24) is 15.2 Å². The van der Waals surface area contributed by atoms with E-state index in [0.29, 0.717) is 41.3 Å². The first-order valence-corrected chi connectivity index (χ1v) is 11.5. The molecule has 2 heterocycles. The number of nitrogens with zero attached hydrogens (tertiary/aromatic N) is 3. The van der Waals surface area contributed by atoms with Crippen LogP contribution in [0.25, 0.3) is 11.3 Å². The van der Waals surface area contributed by atoms with Crippen LogP contribution in [0.1, 0.15) is 17.9 Å². The van der Waals surface area contributed by atoms with Crippen molar-refractivity contribution in [1.29, 1.82) is 0 Å². The molecule has 3 aromatic rings. The number of aromatic nitrogens is 1. The fourth-order valence-corrected chi connectivity index (χ4v) is 4.52. The lowest BCUT2D eigenvalue weighted by Gasteiger charge is -2.24. The number of amides is 2. The number of urea groups is 1. The number of carbonyl (C=O) groups excluding carboxylic acids is 1. The molecule has 0 saturated carbocycles. The first-order chi connectivity index (χ1) is 15.9. The van der Waals surface area contributed by atoms with Crippen molar-refractivity contribution in [3.63, 3.8) is 0 Å². The molecule has 7 nitrogen and oxygen atoms in total. The fraction of sp³-hybridized carbons (Fsp3) is 0.333. The van der Waals surface area contributed by atoms with Crippen LogP contribution in [-0.4, -0.2) is 49.2 Å². The Kier molecular flexibility index (Phi) is 7.30. The smallest absolute Gasteiger partial charge is 0.317 e. The zero-order chi connectivity index (χ0) is 23.4. The summed E-state index contributed by atoms with van der Waals surface area (Å²) >= 11 is 12.1. The Morgan fingerprint density at radius 3 is 2.61 bits per heavy atom. The maximum absolute atomic E-state index is 12.7. The normalized spacial score (nSPS) is 14.2. The minimum Gasteiger partial charge on any atom is -0.496 e. The highest BCUT2D eigenvalue weighted by molar-refractivity contribution is 6.34. The Bertz CT molecular complexity index is 1110. The van der Waals surface area contributed by atoms with E-state index in [1.807, 2.05) is 30.0 Å². The van der Waals surface area contributed by atoms with Crippen molar-refractivity contribution in [3.8, 4) is 17.1 Å². The van der Waals surface area contributed by atoms with Gasteiger partial charge in [0.05, 0.1) is 18.9 Å². The highest BCUT2D eigenvalue weighted by Crippen LogP contribution is 2.34. The Labute approximate surface area is 203 Å². The number of benzene rings is 2. The molecular weight excluding hydrogens is 463 g/mol. The SMILES string of the molecule is COc1cc(N2CCCN(C(=O)NCc3cc(Cl)cc(Cl)c3)CC2)ccc1-c1cnc(C)o1. The van der Waals surface area contributed by atoms with Crippen LogP contribution in [0, 0.1) is 6.92 Å². The van der Waals surface area contributed by atoms with Crippen molar-refractivity contribution < 1.29 is 13.9 Å². The number of halogens is 2. The first kappa shape index (κ1) is 23.3. The number of rotatable bonds is 5. The molecule has 1 aliphatic heterocycles. The molecular formula is C24H26Cl2N4O3. The van der Waals surface area contributed by atoms with Gasteiger partial charge in [-0.3, -0.25) is 0 Å². The number of nitrogens with one attached hydrogen (secondary N) is 1. The molecule has 174 valence electrons. The molecule has 33 heavy (non-hydrogen) atoms. The molecule has 0 unspecified atom stereocenters. The number of ether oxygens (including phenoxy) is 1. The zero-order valence-electron chi connectivity index (χ0n) is 18.6. The van der Waals surface area contributed by atoms with Crippen molar-refractivity contribution in [2.24, 2.45) is 0 Å². The van der Waals surface area contributed by atoms with E-state index >= 15 is 0 Å². The number of methoxy groups -OCH3 is 1. The Morgan fingerprint density at radius 1 is 1.12 bits per heavy atom. The lowest BCUT2D eigenvalue weighted by molar-refractivity contribution is 0.201. The summed E-state index contributed by atoms with van der Waals surface area (Å²) in [4.78, 5) is 21.0. The van der Waals surface area contributed by atoms with E-state index in [1.165, 1.54) is 0 Å². The van der Waals surface area contributed by atoms with Gasteiger partial charge in [0.1, 0.15) is 5.75 Å². The van der Waals surface area contributed by atoms with E-state index in [0.717, 1.165) is 42.1 Å². The summed E-state index contributed by atoms with van der Waals surface area (Å²) in [5.74, 6) is 2.01. The predicted molar refractivity (Wildman–Crippen MR) is 130 cm³/mol. The lowest BCUT2D eigenvalue weighted by Crippen LogP contribution is -2.41. The summed E-state index contributed by atoms with van der Waals surface area (Å²) in [5, 5.41) is 4.07. The van der Waals surface area contributed by atoms with E-state index in [2.05, 4.69) is 15.2 Å². The van der Waals surface area contributed by atoms with Crippen LogP contribution < -0.4 is 15.0 Å². The largest absolute Gasteiger partial charge is 0.496 e. The molecule has 1 aromatic heterocycles. The van der Waals surface area contributed by atoms with Crippen LogP contribution in [0.15, 0.2) is 47.0 Å². The van der Waals surface area contributed by atoms with Gasteiger partial charge in [-0.2, -0.15) is 0 Å². The minimum absolute atomic E-state index is 0.0958. The molecule has 9 heteroatoms. The summed E-state index contributed by atoms with van der Waals surface area (Å²) in [6.07, 6.45) is 2.56. The maximum Gasteiger partial charge on any atom is 0.317 e. The van der Waals surface area contributed by atoms with Crippen LogP contribution in [0.4, 0.5) is 10.5 Å². The number of carbonyl (C=O) groups is 1. The second-order valence-corrected chi connectivity index (χ2v) is 8.77. The number of oxazole rings is 1. The second-order valence-electron chi connectivity index (χ2n) is 7.89. The summed E-state index contributed by atoms with van der Waals surface area (Å²) < 4.78 is 11.3. The van der Waals surface area contributed by atoms with Gasteiger partial charge in [-0.05, 0) is 42.3 Å². The molecule has 2 amide bonds. The Hall–Kier alpha value is -2.90. The van der Waals surface area contributed by atoms with Crippen LogP contribution in [-0.2, 0) is 6.54 Å². The highest BCUT2D eigenvalue weighted by Gasteiger charge is 2.20. The minimum atomic E-state index is -0.0958. The first-order valence-electron chi connectivity index (χ1n) is 10.8. The summed E-state index contributed by atoms with van der Waals surface area (Å²) in [6.45, 7) is 5.06. The third-order valence-electron chi connectivity index (χ3n) is 5.59. The third-order valence-corrected chi connectivity index (χ3v) is 6.02. The molecule has 0 aliphatic carbocycles. The molecule has 1 saturated heterocycles.